The van der Waals surface area contributed by atoms with Gasteiger partial charge in [0.15, 0.2) is 0 Å². The van der Waals surface area contributed by atoms with Gasteiger partial charge in [0.2, 0.25) is 0 Å². The number of rotatable bonds is 2. The Morgan fingerprint density at radius 2 is 2.00 bits per heavy atom. The zero-order valence-electron chi connectivity index (χ0n) is 9.40. The largest absolute Gasteiger partial charge is 0.480 e. The van der Waals surface area contributed by atoms with Crippen LogP contribution in [0.15, 0.2) is 18.2 Å². The van der Waals surface area contributed by atoms with Gasteiger partial charge < -0.3 is 10.0 Å². The van der Waals surface area contributed by atoms with Crippen LogP contribution in [-0.4, -0.2) is 34.5 Å². The number of amides is 1. The molecule has 2 rings (SSSR count). The molecule has 1 N–H and O–H groups in total. The van der Waals surface area contributed by atoms with Crippen molar-refractivity contribution in [2.75, 3.05) is 6.54 Å². The van der Waals surface area contributed by atoms with E-state index in [1.54, 1.807) is 6.07 Å². The first-order chi connectivity index (χ1) is 8.50. The highest BCUT2D eigenvalue weighted by molar-refractivity contribution is 6.42. The fourth-order valence-electron chi connectivity index (χ4n) is 2.06. The molecule has 0 spiro atoms. The fraction of sp³-hybridized carbons (Fsp3) is 0.333. The number of carbonyl (C=O) groups excluding carboxylic acids is 1. The molecule has 1 amide bonds. The first-order valence-corrected chi connectivity index (χ1v) is 6.25. The van der Waals surface area contributed by atoms with Crippen molar-refractivity contribution in [1.29, 1.82) is 0 Å². The van der Waals surface area contributed by atoms with Crippen LogP contribution in [0.1, 0.15) is 23.2 Å². The third-order valence-corrected chi connectivity index (χ3v) is 3.70. The van der Waals surface area contributed by atoms with Gasteiger partial charge >= 0.3 is 5.97 Å². The van der Waals surface area contributed by atoms with Crippen LogP contribution in [0.25, 0.3) is 0 Å². The Morgan fingerprint density at radius 1 is 1.28 bits per heavy atom. The zero-order valence-corrected chi connectivity index (χ0v) is 10.9. The summed E-state index contributed by atoms with van der Waals surface area (Å²) in [6.45, 7) is 0.454. The van der Waals surface area contributed by atoms with Gasteiger partial charge in [-0.1, -0.05) is 23.2 Å². The number of carboxylic acid groups (broad SMARTS) is 1. The van der Waals surface area contributed by atoms with E-state index in [-0.39, 0.29) is 10.9 Å². The van der Waals surface area contributed by atoms with Gasteiger partial charge in [-0.3, -0.25) is 4.79 Å². The van der Waals surface area contributed by atoms with Crippen molar-refractivity contribution in [1.82, 2.24) is 4.90 Å². The lowest BCUT2D eigenvalue weighted by molar-refractivity contribution is -0.141. The minimum Gasteiger partial charge on any atom is -0.480 e. The summed E-state index contributed by atoms with van der Waals surface area (Å²) < 4.78 is 0. The van der Waals surface area contributed by atoms with E-state index in [0.29, 0.717) is 30.0 Å². The molecule has 0 aromatic heterocycles. The minimum atomic E-state index is -0.971. The van der Waals surface area contributed by atoms with E-state index < -0.39 is 12.0 Å². The predicted octanol–water partition coefficient (Wildman–Crippen LogP) is 2.68. The van der Waals surface area contributed by atoms with Crippen molar-refractivity contribution in [3.8, 4) is 0 Å². The van der Waals surface area contributed by atoms with Gasteiger partial charge in [-0.25, -0.2) is 4.79 Å². The molecule has 4 nitrogen and oxygen atoms in total. The maximum Gasteiger partial charge on any atom is 0.326 e. The third kappa shape index (κ3) is 2.44. The number of aliphatic carboxylic acids is 1. The summed E-state index contributed by atoms with van der Waals surface area (Å²) in [6, 6.07) is 3.80. The second-order valence-electron chi connectivity index (χ2n) is 4.12. The topological polar surface area (TPSA) is 57.6 Å². The second kappa shape index (κ2) is 5.16. The molecule has 6 heteroatoms. The molecule has 1 aliphatic heterocycles. The number of likely N-dealkylation sites (tertiary alicyclic amines) is 1. The Bertz CT molecular complexity index is 504. The van der Waals surface area contributed by atoms with Crippen LogP contribution in [0.5, 0.6) is 0 Å². The molecule has 0 radical (unpaired) electrons. The lowest BCUT2D eigenvalue weighted by Gasteiger charge is -2.21. The Kier molecular flexibility index (Phi) is 3.78. The zero-order chi connectivity index (χ0) is 13.3. The normalized spacial score (nSPS) is 19.0. The molecular weight excluding hydrogens is 277 g/mol. The molecule has 0 aliphatic carbocycles. The van der Waals surface area contributed by atoms with Gasteiger partial charge in [0.05, 0.1) is 10.0 Å². The van der Waals surface area contributed by atoms with Crippen LogP contribution >= 0.6 is 23.2 Å². The number of carboxylic acids is 1. The third-order valence-electron chi connectivity index (χ3n) is 2.97. The Balaban J connectivity index is 2.25. The lowest BCUT2D eigenvalue weighted by Crippen LogP contribution is -2.40. The van der Waals surface area contributed by atoms with Crippen LogP contribution in [0.2, 0.25) is 10.0 Å². The highest BCUT2D eigenvalue weighted by atomic mass is 35.5. The molecule has 1 aromatic carbocycles. The quantitative estimate of drug-likeness (QED) is 0.910. The maximum atomic E-state index is 12.2. The molecule has 96 valence electrons. The molecule has 1 fully saturated rings. The number of benzene rings is 1. The minimum absolute atomic E-state index is 0.286. The van der Waals surface area contributed by atoms with Crippen molar-refractivity contribution in [3.63, 3.8) is 0 Å². The molecule has 1 heterocycles. The Labute approximate surface area is 114 Å². The average molecular weight is 288 g/mol. The summed E-state index contributed by atoms with van der Waals surface area (Å²) in [4.78, 5) is 24.6. The van der Waals surface area contributed by atoms with Gasteiger partial charge in [-0.15, -0.1) is 0 Å². The van der Waals surface area contributed by atoms with Crippen molar-refractivity contribution >= 4 is 35.1 Å². The second-order valence-corrected chi connectivity index (χ2v) is 4.94. The molecular formula is C12H11Cl2NO3. The molecule has 0 saturated carbocycles. The van der Waals surface area contributed by atoms with Crippen molar-refractivity contribution in [2.24, 2.45) is 0 Å². The van der Waals surface area contributed by atoms with Crippen molar-refractivity contribution in [3.05, 3.63) is 33.8 Å². The Morgan fingerprint density at radius 3 is 2.61 bits per heavy atom. The molecule has 1 atom stereocenters. The van der Waals surface area contributed by atoms with E-state index in [1.165, 1.54) is 17.0 Å². The first-order valence-electron chi connectivity index (χ1n) is 5.49. The maximum absolute atomic E-state index is 12.2. The molecule has 18 heavy (non-hydrogen) atoms. The van der Waals surface area contributed by atoms with Crippen molar-refractivity contribution in [2.45, 2.75) is 18.9 Å². The van der Waals surface area contributed by atoms with Gasteiger partial charge in [0.1, 0.15) is 6.04 Å². The predicted molar refractivity (Wildman–Crippen MR) is 68.2 cm³/mol. The molecule has 1 aliphatic rings. The summed E-state index contributed by atoms with van der Waals surface area (Å²) in [6.07, 6.45) is 1.19. The highest BCUT2D eigenvalue weighted by Crippen LogP contribution is 2.25. The van der Waals surface area contributed by atoms with E-state index in [0.717, 1.165) is 0 Å². The van der Waals surface area contributed by atoms with Gasteiger partial charge in [0.25, 0.3) is 5.91 Å². The SMILES string of the molecule is O=C(O)[C@@H]1CCCN1C(=O)c1ccc(Cl)c(Cl)c1. The van der Waals surface area contributed by atoms with E-state index in [9.17, 15) is 9.59 Å². The Hall–Kier alpha value is -1.26. The number of halogens is 2. The number of nitrogens with zero attached hydrogens (tertiary/aromatic N) is 1. The van der Waals surface area contributed by atoms with Gasteiger partial charge in [-0.05, 0) is 31.0 Å². The van der Waals surface area contributed by atoms with E-state index >= 15 is 0 Å². The molecule has 0 bridgehead atoms. The molecule has 0 unspecified atom stereocenters. The summed E-state index contributed by atoms with van der Waals surface area (Å²) in [5, 5.41) is 9.69. The number of hydrogen-bond donors (Lipinski definition) is 1. The molecule has 1 aromatic rings. The smallest absolute Gasteiger partial charge is 0.326 e. The van der Waals surface area contributed by atoms with E-state index in [2.05, 4.69) is 0 Å². The molecule has 1 saturated heterocycles. The summed E-state index contributed by atoms with van der Waals surface area (Å²) in [5.74, 6) is -1.29. The summed E-state index contributed by atoms with van der Waals surface area (Å²) in [5.41, 5.74) is 0.359. The number of carbonyl (C=O) groups is 2. The summed E-state index contributed by atoms with van der Waals surface area (Å²) in [7, 11) is 0. The average Bonchev–Trinajstić information content (AvgIpc) is 2.81. The van der Waals surface area contributed by atoms with E-state index in [4.69, 9.17) is 28.3 Å². The van der Waals surface area contributed by atoms with Crippen LogP contribution in [0.3, 0.4) is 0 Å². The standard InChI is InChI=1S/C12H11Cl2NO3/c13-8-4-3-7(6-9(8)14)11(16)15-5-1-2-10(15)12(17)18/h3-4,6,10H,1-2,5H2,(H,17,18)/t10-/m0/s1. The fourth-order valence-corrected chi connectivity index (χ4v) is 2.36. The number of hydrogen-bond acceptors (Lipinski definition) is 2. The van der Waals surface area contributed by atoms with Crippen LogP contribution in [0.4, 0.5) is 0 Å². The van der Waals surface area contributed by atoms with Gasteiger partial charge in [0, 0.05) is 12.1 Å². The highest BCUT2D eigenvalue weighted by Gasteiger charge is 2.34. The monoisotopic (exact) mass is 287 g/mol. The first kappa shape index (κ1) is 13.2. The van der Waals surface area contributed by atoms with Crippen molar-refractivity contribution < 1.29 is 14.7 Å². The summed E-state index contributed by atoms with van der Waals surface area (Å²) >= 11 is 11.6. The van der Waals surface area contributed by atoms with Gasteiger partial charge in [-0.2, -0.15) is 0 Å². The van der Waals surface area contributed by atoms with Crippen LogP contribution in [-0.2, 0) is 4.79 Å². The van der Waals surface area contributed by atoms with Crippen LogP contribution < -0.4 is 0 Å². The lowest BCUT2D eigenvalue weighted by atomic mass is 10.1. The van der Waals surface area contributed by atoms with Crippen LogP contribution in [0, 0.1) is 0 Å². The van der Waals surface area contributed by atoms with E-state index in [1.807, 2.05) is 0 Å².